The maximum Gasteiger partial charge on any atom is 0.0539 e. The summed E-state index contributed by atoms with van der Waals surface area (Å²) < 4.78 is 4.25. The number of nitrogens with zero attached hydrogens (tertiary/aromatic N) is 3. The largest absolute Gasteiger partial charge is 0.343 e. The normalized spacial score (nSPS) is 11.3. The third-order valence-electron chi connectivity index (χ3n) is 3.63. The first-order chi connectivity index (χ1) is 9.81. The highest BCUT2D eigenvalue weighted by molar-refractivity contribution is 5.83. The topological polar surface area (TPSA) is 34.8 Å². The van der Waals surface area contributed by atoms with Gasteiger partial charge in [-0.2, -0.15) is 5.10 Å². The quantitative estimate of drug-likeness (QED) is 0.772. The van der Waals surface area contributed by atoms with Crippen LogP contribution in [0.4, 0.5) is 0 Å². The van der Waals surface area contributed by atoms with Crippen LogP contribution in [0.2, 0.25) is 0 Å². The van der Waals surface area contributed by atoms with Crippen LogP contribution >= 0.6 is 0 Å². The van der Waals surface area contributed by atoms with Crippen molar-refractivity contribution in [3.05, 3.63) is 54.0 Å². The molecule has 1 aromatic carbocycles. The molecule has 2 aromatic heterocycles. The second-order valence-corrected chi connectivity index (χ2v) is 5.03. The maximum absolute atomic E-state index is 4.34. The minimum atomic E-state index is 0.868. The van der Waals surface area contributed by atoms with Gasteiger partial charge in [-0.05, 0) is 31.7 Å². The SMILES string of the molecule is CCn1cc(Cn2ccc3c(CNC)cccc32)cn1. The van der Waals surface area contributed by atoms with Crippen LogP contribution in [0.1, 0.15) is 18.1 Å². The average molecular weight is 268 g/mol. The van der Waals surface area contributed by atoms with Gasteiger partial charge in [-0.3, -0.25) is 4.68 Å². The predicted molar refractivity (Wildman–Crippen MR) is 81.7 cm³/mol. The summed E-state index contributed by atoms with van der Waals surface area (Å²) in [5.41, 5.74) is 3.86. The molecular formula is C16H20N4. The van der Waals surface area contributed by atoms with Gasteiger partial charge in [0.25, 0.3) is 0 Å². The molecule has 0 bridgehead atoms. The highest BCUT2D eigenvalue weighted by atomic mass is 15.3. The van der Waals surface area contributed by atoms with Gasteiger partial charge in [-0.25, -0.2) is 0 Å². The minimum Gasteiger partial charge on any atom is -0.343 e. The number of benzene rings is 1. The van der Waals surface area contributed by atoms with Gasteiger partial charge >= 0.3 is 0 Å². The average Bonchev–Trinajstić information content (AvgIpc) is 3.08. The Morgan fingerprint density at radius 1 is 1.25 bits per heavy atom. The molecule has 20 heavy (non-hydrogen) atoms. The Kier molecular flexibility index (Phi) is 3.56. The Labute approximate surface area is 119 Å². The third-order valence-corrected chi connectivity index (χ3v) is 3.63. The van der Waals surface area contributed by atoms with E-state index in [4.69, 9.17) is 0 Å². The van der Waals surface area contributed by atoms with Crippen molar-refractivity contribution in [2.24, 2.45) is 0 Å². The monoisotopic (exact) mass is 268 g/mol. The van der Waals surface area contributed by atoms with Crippen molar-refractivity contribution in [1.29, 1.82) is 0 Å². The third kappa shape index (κ3) is 2.34. The van der Waals surface area contributed by atoms with Crippen molar-refractivity contribution >= 4 is 10.9 Å². The van der Waals surface area contributed by atoms with E-state index in [0.717, 1.165) is 19.6 Å². The number of fused-ring (bicyclic) bond motifs is 1. The number of aromatic nitrogens is 3. The van der Waals surface area contributed by atoms with E-state index in [1.807, 2.05) is 17.9 Å². The van der Waals surface area contributed by atoms with Gasteiger partial charge in [0.2, 0.25) is 0 Å². The molecule has 0 saturated carbocycles. The molecule has 0 unspecified atom stereocenters. The second kappa shape index (κ2) is 5.51. The zero-order valence-electron chi connectivity index (χ0n) is 12.0. The van der Waals surface area contributed by atoms with E-state index in [1.54, 1.807) is 0 Å². The van der Waals surface area contributed by atoms with Gasteiger partial charge in [0.1, 0.15) is 0 Å². The molecule has 0 aliphatic rings. The summed E-state index contributed by atoms with van der Waals surface area (Å²) in [5.74, 6) is 0. The Morgan fingerprint density at radius 3 is 2.90 bits per heavy atom. The van der Waals surface area contributed by atoms with Crippen molar-refractivity contribution in [2.75, 3.05) is 7.05 Å². The predicted octanol–water partition coefficient (Wildman–Crippen LogP) is 2.63. The van der Waals surface area contributed by atoms with Crippen LogP contribution in [0.3, 0.4) is 0 Å². The van der Waals surface area contributed by atoms with Gasteiger partial charge in [0.05, 0.1) is 12.7 Å². The lowest BCUT2D eigenvalue weighted by Crippen LogP contribution is -2.05. The minimum absolute atomic E-state index is 0.868. The molecule has 0 radical (unpaired) electrons. The van der Waals surface area contributed by atoms with Crippen LogP contribution in [0.5, 0.6) is 0 Å². The van der Waals surface area contributed by atoms with Gasteiger partial charge < -0.3 is 9.88 Å². The molecule has 0 amide bonds. The number of nitrogens with one attached hydrogen (secondary N) is 1. The standard InChI is InChI=1S/C16H20N4/c1-3-20-12-13(9-18-20)11-19-8-7-15-14(10-17-2)5-4-6-16(15)19/h4-9,12,17H,3,10-11H2,1-2H3. The van der Waals surface area contributed by atoms with E-state index in [1.165, 1.54) is 22.0 Å². The maximum atomic E-state index is 4.34. The van der Waals surface area contributed by atoms with Crippen LogP contribution in [-0.2, 0) is 19.6 Å². The van der Waals surface area contributed by atoms with Gasteiger partial charge in [0.15, 0.2) is 0 Å². The molecule has 2 heterocycles. The zero-order chi connectivity index (χ0) is 13.9. The molecule has 0 aliphatic heterocycles. The molecule has 4 heteroatoms. The molecule has 3 aromatic rings. The Bertz CT molecular complexity index is 708. The zero-order valence-corrected chi connectivity index (χ0v) is 12.0. The molecule has 0 atom stereocenters. The van der Waals surface area contributed by atoms with Crippen LogP contribution in [0, 0.1) is 0 Å². The summed E-state index contributed by atoms with van der Waals surface area (Å²) in [6.07, 6.45) is 6.23. The molecular weight excluding hydrogens is 248 g/mol. The fourth-order valence-electron chi connectivity index (χ4n) is 2.63. The smallest absolute Gasteiger partial charge is 0.0539 e. The first-order valence-corrected chi connectivity index (χ1v) is 7.04. The highest BCUT2D eigenvalue weighted by Crippen LogP contribution is 2.21. The number of aryl methyl sites for hydroxylation is 1. The van der Waals surface area contributed by atoms with Gasteiger partial charge in [0, 0.05) is 41.9 Å². The van der Waals surface area contributed by atoms with E-state index in [9.17, 15) is 0 Å². The van der Waals surface area contributed by atoms with Crippen LogP contribution in [0.15, 0.2) is 42.9 Å². The molecule has 0 spiro atoms. The lowest BCUT2D eigenvalue weighted by Gasteiger charge is -2.06. The van der Waals surface area contributed by atoms with Crippen molar-refractivity contribution in [3.63, 3.8) is 0 Å². The fraction of sp³-hybridized carbons (Fsp3) is 0.312. The van der Waals surface area contributed by atoms with Crippen molar-refractivity contribution in [2.45, 2.75) is 26.6 Å². The van der Waals surface area contributed by atoms with Crippen LogP contribution in [-0.4, -0.2) is 21.4 Å². The number of hydrogen-bond donors (Lipinski definition) is 1. The summed E-state index contributed by atoms with van der Waals surface area (Å²) in [6, 6.07) is 8.68. The van der Waals surface area contributed by atoms with Crippen molar-refractivity contribution in [3.8, 4) is 0 Å². The molecule has 3 rings (SSSR count). The number of rotatable bonds is 5. The lowest BCUT2D eigenvalue weighted by atomic mass is 10.1. The van der Waals surface area contributed by atoms with E-state index in [0.29, 0.717) is 0 Å². The molecule has 0 fully saturated rings. The Balaban J connectivity index is 1.94. The first kappa shape index (κ1) is 12.9. The van der Waals surface area contributed by atoms with Gasteiger partial charge in [-0.1, -0.05) is 12.1 Å². The Hall–Kier alpha value is -2.07. The molecule has 104 valence electrons. The van der Waals surface area contributed by atoms with Crippen LogP contribution in [0.25, 0.3) is 10.9 Å². The highest BCUT2D eigenvalue weighted by Gasteiger charge is 2.06. The van der Waals surface area contributed by atoms with Crippen LogP contribution < -0.4 is 5.32 Å². The fourth-order valence-corrected chi connectivity index (χ4v) is 2.63. The number of hydrogen-bond acceptors (Lipinski definition) is 2. The molecule has 4 nitrogen and oxygen atoms in total. The lowest BCUT2D eigenvalue weighted by molar-refractivity contribution is 0.658. The van der Waals surface area contributed by atoms with E-state index < -0.39 is 0 Å². The van der Waals surface area contributed by atoms with Gasteiger partial charge in [-0.15, -0.1) is 0 Å². The Morgan fingerprint density at radius 2 is 2.15 bits per heavy atom. The summed E-state index contributed by atoms with van der Waals surface area (Å²) >= 11 is 0. The molecule has 1 N–H and O–H groups in total. The van der Waals surface area contributed by atoms with Crippen molar-refractivity contribution < 1.29 is 0 Å². The van der Waals surface area contributed by atoms with Crippen molar-refractivity contribution in [1.82, 2.24) is 19.7 Å². The summed E-state index contributed by atoms with van der Waals surface area (Å²) in [5, 5.41) is 8.88. The second-order valence-electron chi connectivity index (χ2n) is 5.03. The summed E-state index contributed by atoms with van der Waals surface area (Å²) in [7, 11) is 1.98. The molecule has 0 aliphatic carbocycles. The summed E-state index contributed by atoms with van der Waals surface area (Å²) in [4.78, 5) is 0. The first-order valence-electron chi connectivity index (χ1n) is 7.04. The van der Waals surface area contributed by atoms with E-state index in [2.05, 4.69) is 58.6 Å². The molecule has 0 saturated heterocycles. The van der Waals surface area contributed by atoms with E-state index >= 15 is 0 Å². The van der Waals surface area contributed by atoms with E-state index in [-0.39, 0.29) is 0 Å². The summed E-state index contributed by atoms with van der Waals surface area (Å²) in [6.45, 7) is 4.78.